The molecular formula is C21H20N2O2. The summed E-state index contributed by atoms with van der Waals surface area (Å²) in [6, 6.07) is 19.1. The van der Waals surface area contributed by atoms with E-state index in [0.29, 0.717) is 5.56 Å². The van der Waals surface area contributed by atoms with Gasteiger partial charge in [0, 0.05) is 18.0 Å². The van der Waals surface area contributed by atoms with Gasteiger partial charge in [-0.15, -0.1) is 0 Å². The number of nitrogens with one attached hydrogen (secondary N) is 1. The fraction of sp³-hybridized carbons (Fsp3) is 0.143. The van der Waals surface area contributed by atoms with Crippen molar-refractivity contribution in [1.29, 1.82) is 0 Å². The summed E-state index contributed by atoms with van der Waals surface area (Å²) >= 11 is 0. The van der Waals surface area contributed by atoms with Gasteiger partial charge in [-0.1, -0.05) is 24.3 Å². The second-order valence-corrected chi connectivity index (χ2v) is 5.78. The average Bonchev–Trinajstić information content (AvgIpc) is 2.68. The minimum atomic E-state index is -0.0930. The molecule has 1 aromatic heterocycles. The third-order valence-electron chi connectivity index (χ3n) is 4.12. The molecule has 1 N–H and O–H groups in total. The lowest BCUT2D eigenvalue weighted by molar-refractivity contribution is 0.0940. The Morgan fingerprint density at radius 3 is 2.12 bits per heavy atom. The van der Waals surface area contributed by atoms with Gasteiger partial charge in [0.2, 0.25) is 0 Å². The van der Waals surface area contributed by atoms with Crippen molar-refractivity contribution in [2.45, 2.75) is 13.0 Å². The molecule has 4 nitrogen and oxygen atoms in total. The Labute approximate surface area is 147 Å². The Bertz CT molecular complexity index is 828. The van der Waals surface area contributed by atoms with E-state index >= 15 is 0 Å². The van der Waals surface area contributed by atoms with Crippen LogP contribution < -0.4 is 10.1 Å². The number of hydrogen-bond donors (Lipinski definition) is 1. The Morgan fingerprint density at radius 1 is 0.920 bits per heavy atom. The molecule has 1 heterocycles. The molecule has 0 unspecified atom stereocenters. The van der Waals surface area contributed by atoms with E-state index in [-0.39, 0.29) is 11.9 Å². The molecule has 3 aromatic rings. The highest BCUT2D eigenvalue weighted by Crippen LogP contribution is 2.20. The van der Waals surface area contributed by atoms with E-state index in [9.17, 15) is 4.79 Å². The Balaban J connectivity index is 1.68. The molecular weight excluding hydrogens is 312 g/mol. The average molecular weight is 332 g/mol. The number of carbonyl (C=O) groups excluding carboxylic acids is 1. The van der Waals surface area contributed by atoms with Crippen molar-refractivity contribution in [3.63, 3.8) is 0 Å². The lowest BCUT2D eigenvalue weighted by Crippen LogP contribution is -2.26. The van der Waals surface area contributed by atoms with Crippen LogP contribution in [0, 0.1) is 0 Å². The van der Waals surface area contributed by atoms with E-state index in [2.05, 4.69) is 10.3 Å². The van der Waals surface area contributed by atoms with Crippen LogP contribution in [-0.2, 0) is 0 Å². The minimum absolute atomic E-state index is 0.0849. The molecule has 4 heteroatoms. The number of benzene rings is 2. The van der Waals surface area contributed by atoms with Crippen LogP contribution in [0.3, 0.4) is 0 Å². The van der Waals surface area contributed by atoms with Gasteiger partial charge in [0.05, 0.1) is 13.2 Å². The predicted octanol–water partition coefficient (Wildman–Crippen LogP) is 4.25. The Morgan fingerprint density at radius 2 is 1.52 bits per heavy atom. The van der Waals surface area contributed by atoms with E-state index in [1.54, 1.807) is 19.5 Å². The van der Waals surface area contributed by atoms with Crippen LogP contribution in [0.15, 0.2) is 73.1 Å². The zero-order valence-electron chi connectivity index (χ0n) is 14.3. The summed E-state index contributed by atoms with van der Waals surface area (Å²) in [6.45, 7) is 1.96. The first-order valence-electron chi connectivity index (χ1n) is 8.12. The number of pyridine rings is 1. The zero-order valence-corrected chi connectivity index (χ0v) is 14.3. The number of hydrogen-bond acceptors (Lipinski definition) is 3. The first kappa shape index (κ1) is 16.7. The molecule has 2 aromatic carbocycles. The third-order valence-corrected chi connectivity index (χ3v) is 4.12. The number of methoxy groups -OCH3 is 1. The maximum Gasteiger partial charge on any atom is 0.251 e. The van der Waals surface area contributed by atoms with E-state index < -0.39 is 0 Å². The highest BCUT2D eigenvalue weighted by Gasteiger charge is 2.11. The molecule has 25 heavy (non-hydrogen) atoms. The summed E-state index contributed by atoms with van der Waals surface area (Å²) < 4.78 is 5.16. The molecule has 1 amide bonds. The summed E-state index contributed by atoms with van der Waals surface area (Å²) in [4.78, 5) is 16.5. The van der Waals surface area contributed by atoms with Crippen LogP contribution in [0.2, 0.25) is 0 Å². The number of amides is 1. The lowest BCUT2D eigenvalue weighted by Gasteiger charge is -2.15. The van der Waals surface area contributed by atoms with Gasteiger partial charge in [0.15, 0.2) is 0 Å². The van der Waals surface area contributed by atoms with Crippen molar-refractivity contribution < 1.29 is 9.53 Å². The van der Waals surface area contributed by atoms with Crippen LogP contribution >= 0.6 is 0 Å². The monoisotopic (exact) mass is 332 g/mol. The molecule has 1 atom stereocenters. The summed E-state index contributed by atoms with van der Waals surface area (Å²) in [5, 5.41) is 3.02. The second kappa shape index (κ2) is 7.62. The largest absolute Gasteiger partial charge is 0.497 e. The molecule has 0 saturated heterocycles. The Kier molecular flexibility index (Phi) is 5.09. The molecule has 0 aliphatic carbocycles. The summed E-state index contributed by atoms with van der Waals surface area (Å²) in [5.74, 6) is 0.707. The van der Waals surface area contributed by atoms with E-state index in [0.717, 1.165) is 22.4 Å². The van der Waals surface area contributed by atoms with Crippen LogP contribution in [0.25, 0.3) is 11.1 Å². The SMILES string of the molecule is COc1ccc([C@@H](C)NC(=O)c2ccc(-c3ccncc3)cc2)cc1. The van der Waals surface area contributed by atoms with Crippen molar-refractivity contribution in [1.82, 2.24) is 10.3 Å². The zero-order chi connectivity index (χ0) is 17.6. The molecule has 0 aliphatic rings. The standard InChI is InChI=1S/C21H20N2O2/c1-15(16-7-9-20(25-2)10-8-16)23-21(24)19-5-3-17(4-6-19)18-11-13-22-14-12-18/h3-15H,1-2H3,(H,23,24)/t15-/m1/s1. The first-order chi connectivity index (χ1) is 12.2. The first-order valence-corrected chi connectivity index (χ1v) is 8.12. The van der Waals surface area contributed by atoms with E-state index in [1.165, 1.54) is 0 Å². The Hall–Kier alpha value is -3.14. The highest BCUT2D eigenvalue weighted by molar-refractivity contribution is 5.94. The van der Waals surface area contributed by atoms with Crippen molar-refractivity contribution in [3.8, 4) is 16.9 Å². The van der Waals surface area contributed by atoms with Crippen LogP contribution in [0.5, 0.6) is 5.75 Å². The maximum absolute atomic E-state index is 12.5. The molecule has 0 fully saturated rings. The van der Waals surface area contributed by atoms with Gasteiger partial charge in [0.1, 0.15) is 5.75 Å². The molecule has 0 spiro atoms. The fourth-order valence-electron chi connectivity index (χ4n) is 2.61. The highest BCUT2D eigenvalue weighted by atomic mass is 16.5. The number of ether oxygens (including phenoxy) is 1. The molecule has 0 saturated carbocycles. The predicted molar refractivity (Wildman–Crippen MR) is 98.5 cm³/mol. The normalized spacial score (nSPS) is 11.6. The number of rotatable bonds is 5. The summed E-state index contributed by atoms with van der Waals surface area (Å²) in [6.07, 6.45) is 3.51. The van der Waals surface area contributed by atoms with Gasteiger partial charge < -0.3 is 10.1 Å². The number of nitrogens with zero attached hydrogens (tertiary/aromatic N) is 1. The van der Waals surface area contributed by atoms with E-state index in [4.69, 9.17) is 4.74 Å². The molecule has 126 valence electrons. The molecule has 0 aliphatic heterocycles. The fourth-order valence-corrected chi connectivity index (χ4v) is 2.61. The van der Waals surface area contributed by atoms with Gasteiger partial charge >= 0.3 is 0 Å². The smallest absolute Gasteiger partial charge is 0.251 e. The van der Waals surface area contributed by atoms with Crippen LogP contribution in [-0.4, -0.2) is 18.0 Å². The number of carbonyl (C=O) groups is 1. The quantitative estimate of drug-likeness (QED) is 0.760. The molecule has 0 radical (unpaired) electrons. The maximum atomic E-state index is 12.5. The van der Waals surface area contributed by atoms with Crippen molar-refractivity contribution in [2.24, 2.45) is 0 Å². The van der Waals surface area contributed by atoms with Crippen molar-refractivity contribution >= 4 is 5.91 Å². The van der Waals surface area contributed by atoms with Crippen molar-refractivity contribution in [3.05, 3.63) is 84.2 Å². The van der Waals surface area contributed by atoms with Gasteiger partial charge in [-0.25, -0.2) is 0 Å². The third kappa shape index (κ3) is 4.04. The van der Waals surface area contributed by atoms with Gasteiger partial charge in [-0.05, 0) is 60.0 Å². The van der Waals surface area contributed by atoms with E-state index in [1.807, 2.05) is 67.6 Å². The van der Waals surface area contributed by atoms with Gasteiger partial charge in [0.25, 0.3) is 5.91 Å². The minimum Gasteiger partial charge on any atom is -0.497 e. The second-order valence-electron chi connectivity index (χ2n) is 5.78. The number of aromatic nitrogens is 1. The van der Waals surface area contributed by atoms with Crippen molar-refractivity contribution in [2.75, 3.05) is 7.11 Å². The topological polar surface area (TPSA) is 51.2 Å². The summed E-state index contributed by atoms with van der Waals surface area (Å²) in [5.41, 5.74) is 3.80. The van der Waals surface area contributed by atoms with Crippen LogP contribution in [0.1, 0.15) is 28.9 Å². The molecule has 0 bridgehead atoms. The lowest BCUT2D eigenvalue weighted by atomic mass is 10.0. The van der Waals surface area contributed by atoms with Crippen LogP contribution in [0.4, 0.5) is 0 Å². The molecule has 3 rings (SSSR count). The van der Waals surface area contributed by atoms with Gasteiger partial charge in [-0.3, -0.25) is 9.78 Å². The summed E-state index contributed by atoms with van der Waals surface area (Å²) in [7, 11) is 1.63. The van der Waals surface area contributed by atoms with Gasteiger partial charge in [-0.2, -0.15) is 0 Å².